The SMILES string of the molecule is O=C(NCC1CCS(=O)(=O)C1)OCC1CO1. The van der Waals surface area contributed by atoms with Gasteiger partial charge in [-0.05, 0) is 12.3 Å². The first kappa shape index (κ1) is 11.7. The van der Waals surface area contributed by atoms with Crippen molar-refractivity contribution in [2.75, 3.05) is 31.3 Å². The maximum Gasteiger partial charge on any atom is 0.407 e. The quantitative estimate of drug-likeness (QED) is 0.682. The van der Waals surface area contributed by atoms with E-state index in [0.717, 1.165) is 0 Å². The second-order valence-corrected chi connectivity index (χ2v) is 6.43. The second kappa shape index (κ2) is 4.58. The van der Waals surface area contributed by atoms with Crippen molar-refractivity contribution in [1.29, 1.82) is 0 Å². The smallest absolute Gasteiger partial charge is 0.407 e. The fourth-order valence-electron chi connectivity index (χ4n) is 1.64. The monoisotopic (exact) mass is 249 g/mol. The first-order chi connectivity index (χ1) is 7.55. The van der Waals surface area contributed by atoms with Gasteiger partial charge >= 0.3 is 6.09 Å². The third kappa shape index (κ3) is 3.64. The van der Waals surface area contributed by atoms with Gasteiger partial charge in [-0.1, -0.05) is 0 Å². The zero-order chi connectivity index (χ0) is 11.6. The van der Waals surface area contributed by atoms with Gasteiger partial charge in [0, 0.05) is 6.54 Å². The lowest BCUT2D eigenvalue weighted by atomic mass is 10.1. The lowest BCUT2D eigenvalue weighted by Gasteiger charge is -2.09. The van der Waals surface area contributed by atoms with E-state index in [9.17, 15) is 13.2 Å². The van der Waals surface area contributed by atoms with Crippen molar-refractivity contribution in [2.45, 2.75) is 12.5 Å². The van der Waals surface area contributed by atoms with Crippen LogP contribution in [0.25, 0.3) is 0 Å². The highest BCUT2D eigenvalue weighted by Gasteiger charge is 2.28. The number of sulfone groups is 1. The molecule has 16 heavy (non-hydrogen) atoms. The molecule has 0 bridgehead atoms. The number of ether oxygens (including phenoxy) is 2. The molecule has 2 aliphatic rings. The Morgan fingerprint density at radius 1 is 1.50 bits per heavy atom. The van der Waals surface area contributed by atoms with E-state index in [1.165, 1.54) is 0 Å². The molecule has 2 fully saturated rings. The third-order valence-electron chi connectivity index (χ3n) is 2.66. The molecule has 0 aromatic heterocycles. The van der Waals surface area contributed by atoms with Gasteiger partial charge in [-0.2, -0.15) is 0 Å². The average Bonchev–Trinajstić information content (AvgIpc) is 2.97. The molecule has 2 aliphatic heterocycles. The van der Waals surface area contributed by atoms with Crippen molar-refractivity contribution in [1.82, 2.24) is 5.32 Å². The molecular formula is C9H15NO5S. The van der Waals surface area contributed by atoms with E-state index in [2.05, 4.69) is 5.32 Å². The van der Waals surface area contributed by atoms with Crippen molar-refractivity contribution in [3.63, 3.8) is 0 Å². The van der Waals surface area contributed by atoms with Crippen LogP contribution in [0.1, 0.15) is 6.42 Å². The van der Waals surface area contributed by atoms with E-state index in [-0.39, 0.29) is 30.1 Å². The van der Waals surface area contributed by atoms with Crippen molar-refractivity contribution in [3.05, 3.63) is 0 Å². The molecule has 7 heteroatoms. The van der Waals surface area contributed by atoms with E-state index < -0.39 is 15.9 Å². The van der Waals surface area contributed by atoms with Crippen LogP contribution < -0.4 is 5.32 Å². The van der Waals surface area contributed by atoms with Crippen LogP contribution >= 0.6 is 0 Å². The molecule has 1 N–H and O–H groups in total. The lowest BCUT2D eigenvalue weighted by molar-refractivity contribution is 0.135. The third-order valence-corrected chi connectivity index (χ3v) is 4.50. The molecule has 2 unspecified atom stereocenters. The summed E-state index contributed by atoms with van der Waals surface area (Å²) >= 11 is 0. The molecular weight excluding hydrogens is 234 g/mol. The molecule has 6 nitrogen and oxygen atoms in total. The van der Waals surface area contributed by atoms with Crippen molar-refractivity contribution < 1.29 is 22.7 Å². The molecule has 0 spiro atoms. The number of carbonyl (C=O) groups is 1. The zero-order valence-electron chi connectivity index (χ0n) is 8.85. The lowest BCUT2D eigenvalue weighted by Crippen LogP contribution is -2.31. The molecule has 0 saturated carbocycles. The molecule has 92 valence electrons. The van der Waals surface area contributed by atoms with Crippen LogP contribution in [0.4, 0.5) is 4.79 Å². The van der Waals surface area contributed by atoms with Crippen molar-refractivity contribution in [3.8, 4) is 0 Å². The van der Waals surface area contributed by atoms with Gasteiger partial charge in [0.1, 0.15) is 12.7 Å². The van der Waals surface area contributed by atoms with Gasteiger partial charge in [0.2, 0.25) is 0 Å². The fraction of sp³-hybridized carbons (Fsp3) is 0.889. The highest BCUT2D eigenvalue weighted by Crippen LogP contribution is 2.17. The van der Waals surface area contributed by atoms with Crippen LogP contribution in [0, 0.1) is 5.92 Å². The van der Waals surface area contributed by atoms with Gasteiger partial charge in [0.15, 0.2) is 9.84 Å². The van der Waals surface area contributed by atoms with Crippen LogP contribution in [-0.4, -0.2) is 51.9 Å². The minimum Gasteiger partial charge on any atom is -0.447 e. The molecule has 2 rings (SSSR count). The van der Waals surface area contributed by atoms with Gasteiger partial charge in [0.25, 0.3) is 0 Å². The van der Waals surface area contributed by atoms with E-state index in [4.69, 9.17) is 9.47 Å². The Balaban J connectivity index is 1.61. The first-order valence-electron chi connectivity index (χ1n) is 5.28. The maximum absolute atomic E-state index is 11.2. The van der Waals surface area contributed by atoms with E-state index >= 15 is 0 Å². The van der Waals surface area contributed by atoms with Crippen LogP contribution in [0.5, 0.6) is 0 Å². The Hall–Kier alpha value is -0.820. The Kier molecular flexibility index (Phi) is 3.34. The molecule has 0 aromatic rings. The largest absolute Gasteiger partial charge is 0.447 e. The molecule has 2 atom stereocenters. The normalized spacial score (nSPS) is 31.0. The highest BCUT2D eigenvalue weighted by molar-refractivity contribution is 7.91. The number of carbonyl (C=O) groups excluding carboxylic acids is 1. The van der Waals surface area contributed by atoms with Gasteiger partial charge in [-0.3, -0.25) is 0 Å². The number of nitrogens with one attached hydrogen (secondary N) is 1. The van der Waals surface area contributed by atoms with Crippen LogP contribution in [0.15, 0.2) is 0 Å². The molecule has 0 aliphatic carbocycles. The number of hydrogen-bond donors (Lipinski definition) is 1. The molecule has 0 aromatic carbocycles. The number of alkyl carbamates (subject to hydrolysis) is 1. The second-order valence-electron chi connectivity index (χ2n) is 4.20. The molecule has 1 amide bonds. The number of hydrogen-bond acceptors (Lipinski definition) is 5. The highest BCUT2D eigenvalue weighted by atomic mass is 32.2. The van der Waals surface area contributed by atoms with Crippen LogP contribution in [0.3, 0.4) is 0 Å². The Morgan fingerprint density at radius 2 is 2.25 bits per heavy atom. The summed E-state index contributed by atoms with van der Waals surface area (Å²) in [5.74, 6) is 0.415. The Labute approximate surface area is 94.2 Å². The molecule has 0 radical (unpaired) electrons. The summed E-state index contributed by atoms with van der Waals surface area (Å²) < 4.78 is 32.0. The van der Waals surface area contributed by atoms with E-state index in [1.807, 2.05) is 0 Å². The van der Waals surface area contributed by atoms with Crippen LogP contribution in [-0.2, 0) is 19.3 Å². The zero-order valence-corrected chi connectivity index (χ0v) is 9.66. The number of epoxide rings is 1. The summed E-state index contributed by atoms with van der Waals surface area (Å²) in [7, 11) is -2.87. The van der Waals surface area contributed by atoms with E-state index in [1.54, 1.807) is 0 Å². The minimum atomic E-state index is -2.87. The van der Waals surface area contributed by atoms with Gasteiger partial charge < -0.3 is 14.8 Å². The molecule has 2 saturated heterocycles. The summed E-state index contributed by atoms with van der Waals surface area (Å²) in [5.41, 5.74) is 0. The summed E-state index contributed by atoms with van der Waals surface area (Å²) in [6.07, 6.45) is 0.173. The fourth-order valence-corrected chi connectivity index (χ4v) is 3.51. The number of amides is 1. The van der Waals surface area contributed by atoms with Crippen LogP contribution in [0.2, 0.25) is 0 Å². The topological polar surface area (TPSA) is 85.0 Å². The standard InChI is InChI=1S/C9H15NO5S/c11-9(15-5-8-4-14-8)10-3-7-1-2-16(12,13)6-7/h7-8H,1-6H2,(H,10,11). The summed E-state index contributed by atoms with van der Waals surface area (Å²) in [6, 6.07) is 0. The predicted molar refractivity (Wildman–Crippen MR) is 55.9 cm³/mol. The van der Waals surface area contributed by atoms with Crippen molar-refractivity contribution >= 4 is 15.9 Å². The first-order valence-corrected chi connectivity index (χ1v) is 7.10. The average molecular weight is 249 g/mol. The maximum atomic E-state index is 11.2. The van der Waals surface area contributed by atoms with Gasteiger partial charge in [-0.25, -0.2) is 13.2 Å². The van der Waals surface area contributed by atoms with Gasteiger partial charge in [0.05, 0.1) is 18.1 Å². The Morgan fingerprint density at radius 3 is 2.81 bits per heavy atom. The summed E-state index contributed by atoms with van der Waals surface area (Å²) in [6.45, 7) is 1.28. The molecule has 2 heterocycles. The van der Waals surface area contributed by atoms with Crippen molar-refractivity contribution in [2.24, 2.45) is 5.92 Å². The Bertz CT molecular complexity index is 362. The minimum absolute atomic E-state index is 0.0229. The summed E-state index contributed by atoms with van der Waals surface area (Å²) in [4.78, 5) is 11.2. The predicted octanol–water partition coefficient (Wildman–Crippen LogP) is -0.454. The van der Waals surface area contributed by atoms with Gasteiger partial charge in [-0.15, -0.1) is 0 Å². The van der Waals surface area contributed by atoms with E-state index in [0.29, 0.717) is 19.6 Å². The number of rotatable bonds is 4. The summed E-state index contributed by atoms with van der Waals surface area (Å²) in [5, 5.41) is 2.56.